The van der Waals surface area contributed by atoms with Gasteiger partial charge in [0.15, 0.2) is 0 Å². The van der Waals surface area contributed by atoms with Gasteiger partial charge in [0, 0.05) is 0 Å². The van der Waals surface area contributed by atoms with Crippen LogP contribution in [0.15, 0.2) is 52.4 Å². The topological polar surface area (TPSA) is 37.6 Å². The number of aliphatic imine (C=N–C) groups is 2. The van der Waals surface area contributed by atoms with Crippen LogP contribution in [-0.2, 0) is 16.8 Å². The van der Waals surface area contributed by atoms with Crippen molar-refractivity contribution in [3.05, 3.63) is 87.2 Å². The number of pyridine rings is 1. The van der Waals surface area contributed by atoms with Gasteiger partial charge in [-0.1, -0.05) is 146 Å². The molecule has 0 aliphatic heterocycles. The van der Waals surface area contributed by atoms with Crippen LogP contribution in [0, 0.1) is 0 Å². The zero-order chi connectivity index (χ0) is 40.7. The molecule has 1 radical (unpaired) electrons. The molecule has 0 unspecified atom stereocenters. The van der Waals surface area contributed by atoms with E-state index >= 15 is 0 Å². The molecule has 3 nitrogen and oxygen atoms in total. The van der Waals surface area contributed by atoms with Crippen molar-refractivity contribution >= 4 is 22.8 Å². The van der Waals surface area contributed by atoms with E-state index in [1.165, 1.54) is 204 Å². The minimum absolute atomic E-state index is 0. The molecule has 6 saturated carbocycles. The van der Waals surface area contributed by atoms with Crippen LogP contribution in [0.2, 0.25) is 0 Å². The molecular formula is C57H79Cl2CoN3. The minimum atomic E-state index is 0. The van der Waals surface area contributed by atoms with E-state index in [0.29, 0.717) is 23.7 Å². The molecular weight excluding hydrogens is 856 g/mol. The van der Waals surface area contributed by atoms with Crippen LogP contribution in [-0.4, -0.2) is 16.4 Å². The molecule has 0 saturated heterocycles. The van der Waals surface area contributed by atoms with Gasteiger partial charge in [-0.3, -0.25) is 9.98 Å². The van der Waals surface area contributed by atoms with Crippen molar-refractivity contribution in [2.24, 2.45) is 9.98 Å². The van der Waals surface area contributed by atoms with Crippen LogP contribution in [0.3, 0.4) is 0 Å². The molecule has 63 heavy (non-hydrogen) atoms. The van der Waals surface area contributed by atoms with Gasteiger partial charge in [0.05, 0.1) is 34.2 Å². The number of hydrogen-bond acceptors (Lipinski definition) is 3. The summed E-state index contributed by atoms with van der Waals surface area (Å²) in [6, 6.07) is 17.4. The van der Waals surface area contributed by atoms with E-state index in [1.807, 2.05) is 0 Å². The number of nitrogens with zero attached hydrogens (tertiary/aromatic N) is 3. The second kappa shape index (κ2) is 24.7. The Kier molecular flexibility index (Phi) is 19.8. The van der Waals surface area contributed by atoms with Gasteiger partial charge in [0.2, 0.25) is 0 Å². The summed E-state index contributed by atoms with van der Waals surface area (Å²) in [7, 11) is 0. The van der Waals surface area contributed by atoms with Gasteiger partial charge in [-0.05, 0) is 172 Å². The second-order valence-electron chi connectivity index (χ2n) is 20.9. The van der Waals surface area contributed by atoms with E-state index in [2.05, 4.69) is 56.3 Å². The molecule has 0 amide bonds. The zero-order valence-corrected chi connectivity index (χ0v) is 41.7. The maximum Gasteiger partial charge on any atom is 2.00 e. The maximum absolute atomic E-state index is 5.77. The molecule has 1 heterocycles. The Morgan fingerprint density at radius 3 is 0.873 bits per heavy atom. The Hall–Kier alpha value is -1.98. The summed E-state index contributed by atoms with van der Waals surface area (Å²) in [6.45, 7) is 4.49. The van der Waals surface area contributed by atoms with Crippen molar-refractivity contribution in [2.75, 3.05) is 0 Å². The Labute approximate surface area is 406 Å². The average Bonchev–Trinajstić information content (AvgIpc) is 3.33. The predicted octanol–water partition coefficient (Wildman–Crippen LogP) is 11.7. The second-order valence-corrected chi connectivity index (χ2v) is 20.9. The predicted molar refractivity (Wildman–Crippen MR) is 256 cm³/mol. The molecule has 2 aromatic carbocycles. The van der Waals surface area contributed by atoms with Gasteiger partial charge < -0.3 is 24.8 Å². The number of hydrogen-bond donors (Lipinski definition) is 0. The van der Waals surface area contributed by atoms with Gasteiger partial charge in [0.25, 0.3) is 0 Å². The third-order valence-corrected chi connectivity index (χ3v) is 16.8. The normalized spacial score (nSPS) is 22.2. The first-order chi connectivity index (χ1) is 29.6. The Bertz CT molecular complexity index is 1740. The molecule has 9 rings (SSSR count). The molecule has 0 atom stereocenters. The van der Waals surface area contributed by atoms with Gasteiger partial charge >= 0.3 is 16.8 Å². The van der Waals surface area contributed by atoms with Gasteiger partial charge in [-0.15, -0.1) is 0 Å². The first-order valence-electron chi connectivity index (χ1n) is 26.0. The van der Waals surface area contributed by atoms with Crippen LogP contribution in [0.4, 0.5) is 11.4 Å². The van der Waals surface area contributed by atoms with Crippen molar-refractivity contribution in [2.45, 2.75) is 242 Å². The van der Waals surface area contributed by atoms with E-state index < -0.39 is 0 Å². The van der Waals surface area contributed by atoms with Crippen LogP contribution >= 0.6 is 0 Å². The van der Waals surface area contributed by atoms with Crippen molar-refractivity contribution in [1.82, 2.24) is 4.98 Å². The first-order valence-corrected chi connectivity index (χ1v) is 26.0. The number of halogens is 2. The fourth-order valence-electron chi connectivity index (χ4n) is 13.2. The van der Waals surface area contributed by atoms with Crippen molar-refractivity contribution in [3.63, 3.8) is 0 Å². The Morgan fingerprint density at radius 1 is 0.381 bits per heavy atom. The van der Waals surface area contributed by atoms with Gasteiger partial charge in [-0.2, -0.15) is 0 Å². The van der Waals surface area contributed by atoms with Crippen molar-refractivity contribution < 1.29 is 41.6 Å². The number of rotatable bonds is 10. The zero-order valence-electron chi connectivity index (χ0n) is 39.1. The van der Waals surface area contributed by atoms with Crippen molar-refractivity contribution in [3.8, 4) is 0 Å². The molecule has 345 valence electrons. The summed E-state index contributed by atoms with van der Waals surface area (Å²) in [4.78, 5) is 17.0. The van der Waals surface area contributed by atoms with Crippen LogP contribution in [0.5, 0.6) is 0 Å². The van der Waals surface area contributed by atoms with E-state index in [4.69, 9.17) is 15.0 Å². The quantitative estimate of drug-likeness (QED) is 0.187. The van der Waals surface area contributed by atoms with E-state index in [0.717, 1.165) is 34.6 Å². The minimum Gasteiger partial charge on any atom is -1.00 e. The van der Waals surface area contributed by atoms with Gasteiger partial charge in [-0.25, -0.2) is 4.98 Å². The Balaban J connectivity index is 0.00000220. The summed E-state index contributed by atoms with van der Waals surface area (Å²) < 4.78 is 0. The molecule has 6 fully saturated rings. The van der Waals surface area contributed by atoms with Crippen molar-refractivity contribution in [1.29, 1.82) is 0 Å². The molecule has 0 spiro atoms. The third-order valence-electron chi connectivity index (χ3n) is 16.8. The first kappa shape index (κ1) is 50.4. The third kappa shape index (κ3) is 12.3. The average molecular weight is 936 g/mol. The summed E-state index contributed by atoms with van der Waals surface area (Å²) in [6.07, 6.45) is 40.8. The summed E-state index contributed by atoms with van der Waals surface area (Å²) in [5.74, 6) is 3.97. The van der Waals surface area contributed by atoms with Gasteiger partial charge in [0.1, 0.15) is 0 Å². The maximum atomic E-state index is 5.77. The monoisotopic (exact) mass is 934 g/mol. The smallest absolute Gasteiger partial charge is 1.00 e. The molecule has 0 N–H and O–H groups in total. The Morgan fingerprint density at radius 2 is 0.619 bits per heavy atom. The molecule has 1 aromatic heterocycles. The standard InChI is InChI=1S/C57H79N3.2ClH.Co/c1-40(58-56-50(44-26-13-5-14-27-44)36-48(42-22-9-3-10-23-42)37-51(56)45-28-15-6-16-29-45)54-34-21-35-55(60-54)41(2)59-57-52(46-30-17-7-18-31-46)38-49(43-24-11-4-12-25-43)39-53(57)47-32-19-8-20-33-47;;;/h21,34-39,42-47H,3-20,22-33H2,1-2H3;2*1H;/q;;;+2/p-2. The summed E-state index contributed by atoms with van der Waals surface area (Å²) in [5, 5.41) is 0. The number of benzene rings is 2. The fourth-order valence-corrected chi connectivity index (χ4v) is 13.2. The molecule has 6 heteroatoms. The molecule has 6 aliphatic rings. The number of aromatic nitrogens is 1. The van der Waals surface area contributed by atoms with Crippen LogP contribution < -0.4 is 24.8 Å². The van der Waals surface area contributed by atoms with E-state index in [-0.39, 0.29) is 41.6 Å². The van der Waals surface area contributed by atoms with E-state index in [1.54, 1.807) is 33.4 Å². The molecule has 3 aromatic rings. The molecule has 6 aliphatic carbocycles. The summed E-state index contributed by atoms with van der Waals surface area (Å²) >= 11 is 0. The van der Waals surface area contributed by atoms with E-state index in [9.17, 15) is 0 Å². The molecule has 0 bridgehead atoms. The summed E-state index contributed by atoms with van der Waals surface area (Å²) in [5.41, 5.74) is 16.4. The largest absolute Gasteiger partial charge is 2.00 e. The fraction of sp³-hybridized carbons (Fsp3) is 0.667. The van der Waals surface area contributed by atoms with Crippen LogP contribution in [0.25, 0.3) is 0 Å². The van der Waals surface area contributed by atoms with Crippen LogP contribution in [0.1, 0.15) is 287 Å². The SMILES string of the molecule is CC(=Nc1c(C2CCCCC2)cc(C2CCCCC2)cc1C1CCCCC1)c1cccc(C(C)=Nc2c(C3CCCCC3)cc(C3CCCCC3)cc2C2CCCCC2)n1.[Cl-].[Cl-].[Co+2].